The van der Waals surface area contributed by atoms with E-state index in [0.717, 1.165) is 67.0 Å². The Hall–Kier alpha value is -7.44. The normalized spacial score (nSPS) is 11.0. The number of hydrogen-bond donors (Lipinski definition) is 0. The van der Waals surface area contributed by atoms with E-state index >= 15 is 0 Å². The van der Waals surface area contributed by atoms with Crippen molar-refractivity contribution in [1.29, 1.82) is 0 Å². The van der Waals surface area contributed by atoms with Crippen LogP contribution in [0.3, 0.4) is 0 Å². The van der Waals surface area contributed by atoms with Gasteiger partial charge in [0, 0.05) is 45.8 Å². The maximum Gasteiger partial charge on any atom is 0.164 e. The summed E-state index contributed by atoms with van der Waals surface area (Å²) >= 11 is 0. The van der Waals surface area contributed by atoms with Gasteiger partial charge in [-0.25, -0.2) is 24.9 Å². The first-order valence-electron chi connectivity index (χ1n) is 17.8. The molecule has 0 aliphatic rings. The third kappa shape index (κ3) is 6.92. The van der Waals surface area contributed by atoms with Crippen molar-refractivity contribution in [3.05, 3.63) is 194 Å². The number of aromatic nitrogens is 6. The smallest absolute Gasteiger partial charge is 0.164 e. The number of benzene rings is 6. The van der Waals surface area contributed by atoms with E-state index in [4.69, 9.17) is 24.9 Å². The van der Waals surface area contributed by atoms with E-state index < -0.39 is 0 Å². The van der Waals surface area contributed by atoms with Gasteiger partial charge in [-0.1, -0.05) is 164 Å². The summed E-state index contributed by atoms with van der Waals surface area (Å²) < 4.78 is 0. The van der Waals surface area contributed by atoms with Crippen molar-refractivity contribution in [2.24, 2.45) is 0 Å². The Bertz CT molecular complexity index is 2610. The minimum atomic E-state index is 0.624. The predicted molar refractivity (Wildman–Crippen MR) is 217 cm³/mol. The summed E-state index contributed by atoms with van der Waals surface area (Å²) in [5.74, 6) is 2.57. The van der Waals surface area contributed by atoms with Crippen molar-refractivity contribution in [3.63, 3.8) is 0 Å². The molecule has 0 bridgehead atoms. The van der Waals surface area contributed by atoms with E-state index in [1.54, 1.807) is 6.20 Å². The van der Waals surface area contributed by atoms with Crippen molar-refractivity contribution in [2.45, 2.75) is 0 Å². The van der Waals surface area contributed by atoms with E-state index in [0.29, 0.717) is 23.3 Å². The molecule has 0 saturated heterocycles. The molecule has 9 rings (SSSR count). The lowest BCUT2D eigenvalue weighted by Gasteiger charge is -2.11. The molecule has 0 amide bonds. The summed E-state index contributed by atoms with van der Waals surface area (Å²) in [6.07, 6.45) is 3.66. The zero-order valence-electron chi connectivity index (χ0n) is 29.2. The molecule has 9 aromatic rings. The zero-order valence-corrected chi connectivity index (χ0v) is 29.2. The van der Waals surface area contributed by atoms with Crippen LogP contribution >= 0.6 is 0 Å². The quantitative estimate of drug-likeness (QED) is 0.158. The summed E-state index contributed by atoms with van der Waals surface area (Å²) in [6, 6.07) is 61.6. The van der Waals surface area contributed by atoms with Crippen LogP contribution in [0, 0.1) is 0 Å². The largest absolute Gasteiger partial charge is 0.264 e. The van der Waals surface area contributed by atoms with E-state index in [2.05, 4.69) is 102 Å². The van der Waals surface area contributed by atoms with Gasteiger partial charge in [0.25, 0.3) is 0 Å². The van der Waals surface area contributed by atoms with E-state index in [9.17, 15) is 0 Å². The standard InChI is InChI=1S/C48H32N6/c1-4-12-35(13-5-1)43-31-44(51-45(50-43)38-27-23-34(24-28-38)42-20-11-29-49-32-42)41-19-10-18-40(30-41)33-21-25-39(26-22-33)48-53-46(36-14-6-2-7-15-36)52-47(54-48)37-16-8-3-9-17-37/h1-32H. The molecule has 0 fully saturated rings. The van der Waals surface area contributed by atoms with Crippen LogP contribution in [0.15, 0.2) is 194 Å². The molecule has 0 saturated carbocycles. The Labute approximate surface area is 313 Å². The maximum absolute atomic E-state index is 5.11. The average Bonchev–Trinajstić information content (AvgIpc) is 3.27. The fourth-order valence-electron chi connectivity index (χ4n) is 6.43. The van der Waals surface area contributed by atoms with Crippen molar-refractivity contribution in [3.8, 4) is 90.3 Å². The predicted octanol–water partition coefficient (Wildman–Crippen LogP) is 11.4. The second-order valence-corrected chi connectivity index (χ2v) is 12.8. The molecule has 0 atom stereocenters. The molecular weight excluding hydrogens is 661 g/mol. The average molecular weight is 693 g/mol. The molecule has 0 N–H and O–H groups in total. The molecule has 0 aliphatic heterocycles. The highest BCUT2D eigenvalue weighted by molar-refractivity contribution is 5.77. The number of pyridine rings is 1. The molecule has 3 heterocycles. The van der Waals surface area contributed by atoms with Gasteiger partial charge in [0.15, 0.2) is 23.3 Å². The first kappa shape index (κ1) is 32.5. The van der Waals surface area contributed by atoms with Gasteiger partial charge in [-0.3, -0.25) is 4.98 Å². The molecule has 0 unspecified atom stereocenters. The summed E-state index contributed by atoms with van der Waals surface area (Å²) in [5.41, 5.74) is 11.8. The zero-order chi connectivity index (χ0) is 36.1. The summed E-state index contributed by atoms with van der Waals surface area (Å²) in [5, 5.41) is 0. The lowest BCUT2D eigenvalue weighted by molar-refractivity contribution is 1.07. The molecule has 0 aliphatic carbocycles. The third-order valence-electron chi connectivity index (χ3n) is 9.27. The Morgan fingerprint density at radius 3 is 1.15 bits per heavy atom. The van der Waals surface area contributed by atoms with Gasteiger partial charge in [-0.05, 0) is 40.5 Å². The fourth-order valence-corrected chi connectivity index (χ4v) is 6.43. The van der Waals surface area contributed by atoms with Crippen LogP contribution in [0.5, 0.6) is 0 Å². The van der Waals surface area contributed by atoms with Crippen LogP contribution in [-0.2, 0) is 0 Å². The second kappa shape index (κ2) is 14.7. The lowest BCUT2D eigenvalue weighted by atomic mass is 9.99. The van der Waals surface area contributed by atoms with Gasteiger partial charge < -0.3 is 0 Å². The van der Waals surface area contributed by atoms with Gasteiger partial charge in [0.05, 0.1) is 11.4 Å². The summed E-state index contributed by atoms with van der Waals surface area (Å²) in [7, 11) is 0. The highest BCUT2D eigenvalue weighted by Gasteiger charge is 2.14. The van der Waals surface area contributed by atoms with Gasteiger partial charge in [-0.15, -0.1) is 0 Å². The van der Waals surface area contributed by atoms with Crippen LogP contribution in [0.25, 0.3) is 90.3 Å². The first-order chi connectivity index (χ1) is 26.7. The van der Waals surface area contributed by atoms with Crippen LogP contribution in [0.1, 0.15) is 0 Å². The van der Waals surface area contributed by atoms with Gasteiger partial charge >= 0.3 is 0 Å². The monoisotopic (exact) mass is 692 g/mol. The molecule has 3 aromatic heterocycles. The summed E-state index contributed by atoms with van der Waals surface area (Å²) in [6.45, 7) is 0. The van der Waals surface area contributed by atoms with E-state index in [-0.39, 0.29) is 0 Å². The van der Waals surface area contributed by atoms with Crippen molar-refractivity contribution < 1.29 is 0 Å². The summed E-state index contributed by atoms with van der Waals surface area (Å²) in [4.78, 5) is 29.1. The van der Waals surface area contributed by atoms with Crippen LogP contribution < -0.4 is 0 Å². The Kier molecular flexibility index (Phi) is 8.81. The Balaban J connectivity index is 1.06. The third-order valence-corrected chi connectivity index (χ3v) is 9.27. The fraction of sp³-hybridized carbons (Fsp3) is 0. The second-order valence-electron chi connectivity index (χ2n) is 12.8. The minimum Gasteiger partial charge on any atom is -0.264 e. The van der Waals surface area contributed by atoms with Crippen LogP contribution in [0.2, 0.25) is 0 Å². The maximum atomic E-state index is 5.11. The van der Waals surface area contributed by atoms with Crippen LogP contribution in [-0.4, -0.2) is 29.9 Å². The Morgan fingerprint density at radius 2 is 0.630 bits per heavy atom. The SMILES string of the molecule is c1ccc(-c2cc(-c3cccc(-c4ccc(-c5nc(-c6ccccc6)nc(-c6ccccc6)n5)cc4)c3)nc(-c3ccc(-c4cccnc4)cc3)n2)cc1. The highest BCUT2D eigenvalue weighted by atomic mass is 15.0. The number of nitrogens with zero attached hydrogens (tertiary/aromatic N) is 6. The van der Waals surface area contributed by atoms with Gasteiger partial charge in [-0.2, -0.15) is 0 Å². The van der Waals surface area contributed by atoms with E-state index in [1.807, 2.05) is 91.1 Å². The van der Waals surface area contributed by atoms with Crippen molar-refractivity contribution in [2.75, 3.05) is 0 Å². The van der Waals surface area contributed by atoms with Crippen molar-refractivity contribution in [1.82, 2.24) is 29.9 Å². The van der Waals surface area contributed by atoms with Gasteiger partial charge in [0.2, 0.25) is 0 Å². The molecule has 0 spiro atoms. The van der Waals surface area contributed by atoms with Gasteiger partial charge in [0.1, 0.15) is 0 Å². The first-order valence-corrected chi connectivity index (χ1v) is 17.8. The van der Waals surface area contributed by atoms with E-state index in [1.165, 1.54) is 0 Å². The highest BCUT2D eigenvalue weighted by Crippen LogP contribution is 2.32. The Morgan fingerprint density at radius 1 is 0.241 bits per heavy atom. The number of rotatable bonds is 8. The number of hydrogen-bond acceptors (Lipinski definition) is 6. The minimum absolute atomic E-state index is 0.624. The molecular formula is C48H32N6. The topological polar surface area (TPSA) is 77.3 Å². The van der Waals surface area contributed by atoms with Crippen LogP contribution in [0.4, 0.5) is 0 Å². The molecule has 54 heavy (non-hydrogen) atoms. The molecule has 6 nitrogen and oxygen atoms in total. The molecule has 6 aromatic carbocycles. The molecule has 6 heteroatoms. The van der Waals surface area contributed by atoms with Crippen molar-refractivity contribution >= 4 is 0 Å². The lowest BCUT2D eigenvalue weighted by Crippen LogP contribution is -2.00. The molecule has 254 valence electrons. The molecule has 0 radical (unpaired) electrons.